The summed E-state index contributed by atoms with van der Waals surface area (Å²) < 4.78 is 6.98. The fourth-order valence-electron chi connectivity index (χ4n) is 2.84. The van der Waals surface area contributed by atoms with E-state index in [0.29, 0.717) is 5.69 Å². The third kappa shape index (κ3) is 4.71. The van der Waals surface area contributed by atoms with Gasteiger partial charge >= 0.3 is 0 Å². The molecule has 0 fully saturated rings. The van der Waals surface area contributed by atoms with Crippen LogP contribution in [-0.2, 0) is 4.79 Å². The van der Waals surface area contributed by atoms with Crippen LogP contribution in [0.2, 0.25) is 0 Å². The molecule has 3 aromatic rings. The molecule has 0 aliphatic carbocycles. The number of ether oxygens (including phenoxy) is 1. The molecule has 0 saturated carbocycles. The fourth-order valence-corrected chi connectivity index (χ4v) is 2.84. The van der Waals surface area contributed by atoms with Crippen molar-refractivity contribution in [3.8, 4) is 11.6 Å². The number of benzene rings is 2. The molecule has 1 amide bonds. The summed E-state index contributed by atoms with van der Waals surface area (Å²) in [7, 11) is 0. The van der Waals surface area contributed by atoms with Crippen LogP contribution in [0.25, 0.3) is 5.69 Å². The van der Waals surface area contributed by atoms with E-state index in [9.17, 15) is 9.59 Å². The summed E-state index contributed by atoms with van der Waals surface area (Å²) in [5, 5.41) is 7.16. The Bertz CT molecular complexity index is 1120. The lowest BCUT2D eigenvalue weighted by atomic mass is 10.1. The van der Waals surface area contributed by atoms with Crippen molar-refractivity contribution in [3.63, 3.8) is 0 Å². The Hall–Kier alpha value is -3.41. The molecule has 1 unspecified atom stereocenters. The van der Waals surface area contributed by atoms with Crippen LogP contribution in [0.1, 0.15) is 29.2 Å². The van der Waals surface area contributed by atoms with Crippen molar-refractivity contribution in [1.82, 2.24) is 9.78 Å². The van der Waals surface area contributed by atoms with Crippen molar-refractivity contribution in [3.05, 3.63) is 81.1 Å². The molecule has 0 saturated heterocycles. The van der Waals surface area contributed by atoms with E-state index in [1.54, 1.807) is 6.92 Å². The maximum Gasteiger partial charge on any atom is 0.271 e. The van der Waals surface area contributed by atoms with Gasteiger partial charge in [0.1, 0.15) is 0 Å². The number of carbonyl (C=O) groups is 1. The Morgan fingerprint density at radius 2 is 1.69 bits per heavy atom. The summed E-state index contributed by atoms with van der Waals surface area (Å²) in [4.78, 5) is 24.8. The van der Waals surface area contributed by atoms with E-state index in [1.807, 2.05) is 64.1 Å². The highest BCUT2D eigenvalue weighted by atomic mass is 16.5. The highest BCUT2D eigenvalue weighted by Crippen LogP contribution is 2.18. The molecule has 150 valence electrons. The Balaban J connectivity index is 1.79. The molecular formula is C23H25N3O3. The molecule has 1 aromatic heterocycles. The molecule has 0 aliphatic heterocycles. The molecule has 3 rings (SSSR count). The smallest absolute Gasteiger partial charge is 0.271 e. The number of rotatable bonds is 5. The average Bonchev–Trinajstić information content (AvgIpc) is 2.68. The van der Waals surface area contributed by atoms with E-state index in [0.717, 1.165) is 27.9 Å². The van der Waals surface area contributed by atoms with Crippen molar-refractivity contribution in [2.45, 2.75) is 40.7 Å². The molecule has 0 radical (unpaired) electrons. The van der Waals surface area contributed by atoms with Gasteiger partial charge in [-0.1, -0.05) is 18.2 Å². The highest BCUT2D eigenvalue weighted by molar-refractivity contribution is 5.94. The van der Waals surface area contributed by atoms with Crippen LogP contribution in [0.15, 0.2) is 53.3 Å². The Morgan fingerprint density at radius 3 is 2.41 bits per heavy atom. The van der Waals surface area contributed by atoms with Crippen LogP contribution < -0.4 is 15.6 Å². The lowest BCUT2D eigenvalue weighted by Gasteiger charge is -2.16. The van der Waals surface area contributed by atoms with Crippen molar-refractivity contribution in [2.24, 2.45) is 0 Å². The molecule has 0 aliphatic rings. The number of hydrogen-bond donors (Lipinski definition) is 1. The molecular weight excluding hydrogens is 366 g/mol. The first-order chi connectivity index (χ1) is 13.7. The van der Waals surface area contributed by atoms with E-state index >= 15 is 0 Å². The topological polar surface area (TPSA) is 73.2 Å². The number of carbonyl (C=O) groups excluding carboxylic acids is 1. The summed E-state index contributed by atoms with van der Waals surface area (Å²) >= 11 is 0. The predicted octanol–water partition coefficient (Wildman–Crippen LogP) is 3.87. The van der Waals surface area contributed by atoms with Gasteiger partial charge in [-0.25, -0.2) is 0 Å². The highest BCUT2D eigenvalue weighted by Gasteiger charge is 2.17. The second-order valence-electron chi connectivity index (χ2n) is 7.26. The summed E-state index contributed by atoms with van der Waals surface area (Å²) in [6, 6.07) is 14.4. The van der Waals surface area contributed by atoms with Gasteiger partial charge in [-0.3, -0.25) is 9.59 Å². The second-order valence-corrected chi connectivity index (χ2v) is 7.26. The van der Waals surface area contributed by atoms with Crippen molar-refractivity contribution in [2.75, 3.05) is 5.32 Å². The van der Waals surface area contributed by atoms with Crippen LogP contribution in [0.3, 0.4) is 0 Å². The van der Waals surface area contributed by atoms with E-state index in [2.05, 4.69) is 10.4 Å². The van der Waals surface area contributed by atoms with E-state index in [1.165, 1.54) is 16.8 Å². The monoisotopic (exact) mass is 391 g/mol. The van der Waals surface area contributed by atoms with Gasteiger partial charge in [0.2, 0.25) is 5.88 Å². The molecule has 6 nitrogen and oxygen atoms in total. The average molecular weight is 391 g/mol. The van der Waals surface area contributed by atoms with E-state index in [4.69, 9.17) is 4.74 Å². The Kier molecular flexibility index (Phi) is 5.82. The fraction of sp³-hybridized carbons (Fsp3) is 0.261. The molecule has 6 heteroatoms. The molecule has 0 spiro atoms. The molecule has 2 aromatic carbocycles. The molecule has 1 atom stereocenters. The molecule has 1 N–H and O–H groups in total. The standard InChI is InChI=1S/C23H25N3O3/c1-14-6-7-16(3)20(12-14)24-23(28)18(5)29-21-10-11-22(27)26(25-21)19-9-8-15(2)17(4)13-19/h6-13,18H,1-5H3,(H,24,28). The predicted molar refractivity (Wildman–Crippen MR) is 114 cm³/mol. The van der Waals surface area contributed by atoms with Gasteiger partial charge in [-0.05, 0) is 75.1 Å². The van der Waals surface area contributed by atoms with Gasteiger partial charge in [0.05, 0.1) is 5.69 Å². The van der Waals surface area contributed by atoms with Crippen LogP contribution in [0, 0.1) is 27.7 Å². The first kappa shape index (κ1) is 20.3. The summed E-state index contributed by atoms with van der Waals surface area (Å²) in [6.07, 6.45) is -0.784. The van der Waals surface area contributed by atoms with Crippen LogP contribution in [0.4, 0.5) is 5.69 Å². The Morgan fingerprint density at radius 1 is 0.966 bits per heavy atom. The lowest BCUT2D eigenvalue weighted by Crippen LogP contribution is -2.31. The van der Waals surface area contributed by atoms with Crippen molar-refractivity contribution >= 4 is 11.6 Å². The van der Waals surface area contributed by atoms with Crippen molar-refractivity contribution < 1.29 is 9.53 Å². The maximum absolute atomic E-state index is 12.6. The third-order valence-corrected chi connectivity index (χ3v) is 4.83. The number of nitrogens with one attached hydrogen (secondary N) is 1. The minimum Gasteiger partial charge on any atom is -0.463 e. The number of amides is 1. The Labute approximate surface area is 170 Å². The van der Waals surface area contributed by atoms with Crippen LogP contribution >= 0.6 is 0 Å². The number of hydrogen-bond acceptors (Lipinski definition) is 4. The van der Waals surface area contributed by atoms with Gasteiger partial charge in [-0.15, -0.1) is 5.10 Å². The normalized spacial score (nSPS) is 11.8. The van der Waals surface area contributed by atoms with Gasteiger partial charge in [0, 0.05) is 17.8 Å². The minimum atomic E-state index is -0.784. The van der Waals surface area contributed by atoms with Crippen LogP contribution in [0.5, 0.6) is 5.88 Å². The van der Waals surface area contributed by atoms with Gasteiger partial charge < -0.3 is 10.1 Å². The maximum atomic E-state index is 12.6. The first-order valence-electron chi connectivity index (χ1n) is 9.47. The van der Waals surface area contributed by atoms with Crippen molar-refractivity contribution in [1.29, 1.82) is 0 Å². The summed E-state index contributed by atoms with van der Waals surface area (Å²) in [5.41, 5.74) is 5.34. The molecule has 29 heavy (non-hydrogen) atoms. The zero-order chi connectivity index (χ0) is 21.1. The number of aromatic nitrogens is 2. The zero-order valence-corrected chi connectivity index (χ0v) is 17.3. The zero-order valence-electron chi connectivity index (χ0n) is 17.3. The SMILES string of the molecule is Cc1ccc(C)c(NC(=O)C(C)Oc2ccc(=O)n(-c3ccc(C)c(C)c3)n2)c1. The number of anilines is 1. The largest absolute Gasteiger partial charge is 0.463 e. The van der Waals surface area contributed by atoms with Gasteiger partial charge in [-0.2, -0.15) is 4.68 Å². The minimum absolute atomic E-state index is 0.200. The third-order valence-electron chi connectivity index (χ3n) is 4.83. The lowest BCUT2D eigenvalue weighted by molar-refractivity contribution is -0.122. The quantitative estimate of drug-likeness (QED) is 0.716. The molecule has 1 heterocycles. The van der Waals surface area contributed by atoms with Crippen LogP contribution in [-0.4, -0.2) is 21.8 Å². The van der Waals surface area contributed by atoms with E-state index in [-0.39, 0.29) is 17.3 Å². The first-order valence-corrected chi connectivity index (χ1v) is 9.47. The van der Waals surface area contributed by atoms with Gasteiger partial charge in [0.15, 0.2) is 6.10 Å². The number of aryl methyl sites for hydroxylation is 4. The molecule has 0 bridgehead atoms. The second kappa shape index (κ2) is 8.31. The number of nitrogens with zero attached hydrogens (tertiary/aromatic N) is 2. The summed E-state index contributed by atoms with van der Waals surface area (Å²) in [6.45, 7) is 9.53. The van der Waals surface area contributed by atoms with E-state index < -0.39 is 6.10 Å². The summed E-state index contributed by atoms with van der Waals surface area (Å²) in [5.74, 6) is -0.0872. The van der Waals surface area contributed by atoms with Gasteiger partial charge in [0.25, 0.3) is 11.5 Å².